The lowest BCUT2D eigenvalue weighted by Crippen LogP contribution is -2.47. The monoisotopic (exact) mass is 412 g/mol. The molecule has 1 unspecified atom stereocenters. The van der Waals surface area contributed by atoms with E-state index in [1.165, 1.54) is 4.90 Å². The summed E-state index contributed by atoms with van der Waals surface area (Å²) in [6.07, 6.45) is 5.13. The molecule has 0 bridgehead atoms. The Morgan fingerprint density at radius 1 is 1.23 bits per heavy atom. The summed E-state index contributed by atoms with van der Waals surface area (Å²) in [5, 5.41) is 4.30. The number of hydrogen-bond donors (Lipinski definition) is 0. The average Bonchev–Trinajstić information content (AvgIpc) is 3.23. The maximum Gasteiger partial charge on any atom is 0.310 e. The molecule has 0 N–H and O–H groups in total. The van der Waals surface area contributed by atoms with E-state index in [2.05, 4.69) is 5.10 Å². The third-order valence-electron chi connectivity index (χ3n) is 5.20. The highest BCUT2D eigenvalue weighted by Gasteiger charge is 2.30. The Hall–Kier alpha value is -3.16. The van der Waals surface area contributed by atoms with Crippen LogP contribution in [0.25, 0.3) is 5.69 Å². The predicted octanol–water partition coefficient (Wildman–Crippen LogP) is 1.67. The number of amides is 2. The molecule has 2 heterocycles. The van der Waals surface area contributed by atoms with Crippen molar-refractivity contribution in [2.24, 2.45) is 5.92 Å². The van der Waals surface area contributed by atoms with E-state index < -0.39 is 0 Å². The lowest BCUT2D eigenvalue weighted by molar-refractivity contribution is -0.152. The van der Waals surface area contributed by atoms with Crippen LogP contribution in [0.3, 0.4) is 0 Å². The molecule has 1 aliphatic rings. The number of likely N-dealkylation sites (N-methyl/N-ethyl adjacent to an activating group) is 1. The van der Waals surface area contributed by atoms with Crippen molar-refractivity contribution in [1.29, 1.82) is 0 Å². The quantitative estimate of drug-likeness (QED) is 0.646. The zero-order valence-electron chi connectivity index (χ0n) is 17.5. The van der Waals surface area contributed by atoms with Crippen LogP contribution in [-0.2, 0) is 25.5 Å². The number of ether oxygens (including phenoxy) is 1. The number of carbonyl (C=O) groups is 3. The minimum atomic E-state index is -0.285. The van der Waals surface area contributed by atoms with Crippen LogP contribution in [0.4, 0.5) is 0 Å². The summed E-state index contributed by atoms with van der Waals surface area (Å²) in [4.78, 5) is 40.3. The van der Waals surface area contributed by atoms with Gasteiger partial charge in [-0.05, 0) is 37.5 Å². The van der Waals surface area contributed by atoms with Gasteiger partial charge >= 0.3 is 5.97 Å². The first kappa shape index (κ1) is 21.5. The number of nitrogens with zero attached hydrogens (tertiary/aromatic N) is 4. The molecule has 3 rings (SSSR count). The van der Waals surface area contributed by atoms with Crippen LogP contribution in [0.5, 0.6) is 0 Å². The van der Waals surface area contributed by atoms with Gasteiger partial charge in [-0.3, -0.25) is 14.4 Å². The molecule has 0 radical (unpaired) electrons. The number of aromatic nitrogens is 2. The first-order chi connectivity index (χ1) is 14.5. The van der Waals surface area contributed by atoms with E-state index in [9.17, 15) is 14.4 Å². The standard InChI is InChI=1S/C22H28N4O4/c1-3-30-22(29)18-8-7-11-25(15-18)21(28)16-24(2)20(27)12-17-13-23-26(14-17)19-9-5-4-6-10-19/h4-6,9-10,13-14,18H,3,7-8,11-12,15-16H2,1-2H3. The molecule has 8 nitrogen and oxygen atoms in total. The highest BCUT2D eigenvalue weighted by atomic mass is 16.5. The lowest BCUT2D eigenvalue weighted by atomic mass is 9.98. The van der Waals surface area contributed by atoms with Crippen LogP contribution in [-0.4, -0.2) is 70.7 Å². The Kier molecular flexibility index (Phi) is 7.21. The SMILES string of the molecule is CCOC(=O)C1CCCN(C(=O)CN(C)C(=O)Cc2cnn(-c3ccccc3)c2)C1. The van der Waals surface area contributed by atoms with Gasteiger partial charge in [-0.15, -0.1) is 0 Å². The van der Waals surface area contributed by atoms with Gasteiger partial charge in [0.05, 0.1) is 37.4 Å². The first-order valence-corrected chi connectivity index (χ1v) is 10.2. The van der Waals surface area contributed by atoms with E-state index in [0.29, 0.717) is 19.7 Å². The summed E-state index contributed by atoms with van der Waals surface area (Å²) in [5.41, 5.74) is 1.70. The van der Waals surface area contributed by atoms with Gasteiger partial charge in [0.15, 0.2) is 0 Å². The molecule has 0 saturated carbocycles. The Morgan fingerprint density at radius 3 is 2.73 bits per heavy atom. The molecule has 0 spiro atoms. The molecular weight excluding hydrogens is 384 g/mol. The predicted molar refractivity (Wildman–Crippen MR) is 111 cm³/mol. The summed E-state index contributed by atoms with van der Waals surface area (Å²) < 4.78 is 6.80. The molecular formula is C22H28N4O4. The molecule has 2 aromatic rings. The zero-order chi connectivity index (χ0) is 21.5. The van der Waals surface area contributed by atoms with E-state index >= 15 is 0 Å². The van der Waals surface area contributed by atoms with Crippen LogP contribution in [0.2, 0.25) is 0 Å². The number of benzene rings is 1. The van der Waals surface area contributed by atoms with Gasteiger partial charge in [-0.2, -0.15) is 5.10 Å². The topological polar surface area (TPSA) is 84.7 Å². The van der Waals surface area contributed by atoms with Crippen molar-refractivity contribution in [3.8, 4) is 5.69 Å². The van der Waals surface area contributed by atoms with Gasteiger partial charge < -0.3 is 14.5 Å². The highest BCUT2D eigenvalue weighted by Crippen LogP contribution is 2.18. The minimum Gasteiger partial charge on any atom is -0.466 e. The van der Waals surface area contributed by atoms with Crippen molar-refractivity contribution in [1.82, 2.24) is 19.6 Å². The van der Waals surface area contributed by atoms with Gasteiger partial charge in [0.25, 0.3) is 0 Å². The maximum absolute atomic E-state index is 12.6. The van der Waals surface area contributed by atoms with Gasteiger partial charge in [0.1, 0.15) is 0 Å². The fourth-order valence-corrected chi connectivity index (χ4v) is 3.53. The van der Waals surface area contributed by atoms with E-state index in [1.807, 2.05) is 36.5 Å². The third kappa shape index (κ3) is 5.46. The number of hydrogen-bond acceptors (Lipinski definition) is 5. The number of para-hydroxylation sites is 1. The number of piperidine rings is 1. The summed E-state index contributed by atoms with van der Waals surface area (Å²) >= 11 is 0. The van der Waals surface area contributed by atoms with Gasteiger partial charge in [0, 0.05) is 26.3 Å². The number of likely N-dealkylation sites (tertiary alicyclic amines) is 1. The first-order valence-electron chi connectivity index (χ1n) is 10.2. The van der Waals surface area contributed by atoms with Crippen molar-refractivity contribution in [2.75, 3.05) is 33.3 Å². The minimum absolute atomic E-state index is 0.0127. The van der Waals surface area contributed by atoms with Crippen LogP contribution >= 0.6 is 0 Å². The number of rotatable bonds is 7. The summed E-state index contributed by atoms with van der Waals surface area (Å²) in [5.74, 6) is -0.850. The summed E-state index contributed by atoms with van der Waals surface area (Å²) in [7, 11) is 1.62. The largest absolute Gasteiger partial charge is 0.466 e. The van der Waals surface area contributed by atoms with E-state index in [0.717, 1.165) is 24.1 Å². The van der Waals surface area contributed by atoms with E-state index in [4.69, 9.17) is 4.74 Å². The molecule has 160 valence electrons. The Balaban J connectivity index is 1.52. The van der Waals surface area contributed by atoms with Crippen molar-refractivity contribution >= 4 is 17.8 Å². The Labute approximate surface area is 176 Å². The normalized spacial score (nSPS) is 16.2. The Bertz CT molecular complexity index is 880. The average molecular weight is 412 g/mol. The second-order valence-corrected chi connectivity index (χ2v) is 7.49. The second kappa shape index (κ2) is 10.0. The molecule has 0 aliphatic carbocycles. The van der Waals surface area contributed by atoms with Crippen LogP contribution in [0.1, 0.15) is 25.3 Å². The van der Waals surface area contributed by atoms with Crippen molar-refractivity contribution < 1.29 is 19.1 Å². The summed E-state index contributed by atoms with van der Waals surface area (Å²) in [6, 6.07) is 9.65. The van der Waals surface area contributed by atoms with Gasteiger partial charge in [0.2, 0.25) is 11.8 Å². The van der Waals surface area contributed by atoms with Gasteiger partial charge in [-0.25, -0.2) is 4.68 Å². The molecule has 1 aromatic carbocycles. The van der Waals surface area contributed by atoms with Crippen molar-refractivity contribution in [3.05, 3.63) is 48.3 Å². The molecule has 1 fully saturated rings. The summed E-state index contributed by atoms with van der Waals surface area (Å²) in [6.45, 7) is 3.04. The molecule has 30 heavy (non-hydrogen) atoms. The number of esters is 1. The lowest BCUT2D eigenvalue weighted by Gasteiger charge is -2.32. The van der Waals surface area contributed by atoms with Crippen LogP contribution < -0.4 is 0 Å². The second-order valence-electron chi connectivity index (χ2n) is 7.49. The molecule has 2 amide bonds. The Morgan fingerprint density at radius 2 is 2.00 bits per heavy atom. The third-order valence-corrected chi connectivity index (χ3v) is 5.20. The molecule has 1 aliphatic heterocycles. The van der Waals surface area contributed by atoms with Crippen molar-refractivity contribution in [3.63, 3.8) is 0 Å². The molecule has 1 atom stereocenters. The highest BCUT2D eigenvalue weighted by molar-refractivity contribution is 5.86. The van der Waals surface area contributed by atoms with Crippen molar-refractivity contribution in [2.45, 2.75) is 26.2 Å². The molecule has 1 aromatic heterocycles. The maximum atomic E-state index is 12.6. The molecule has 1 saturated heterocycles. The molecule has 8 heteroatoms. The van der Waals surface area contributed by atoms with Crippen LogP contribution in [0, 0.1) is 5.92 Å². The fraction of sp³-hybridized carbons (Fsp3) is 0.455. The number of carbonyl (C=O) groups excluding carboxylic acids is 3. The fourth-order valence-electron chi connectivity index (χ4n) is 3.53. The van der Waals surface area contributed by atoms with E-state index in [-0.39, 0.29) is 36.7 Å². The zero-order valence-corrected chi connectivity index (χ0v) is 17.5. The van der Waals surface area contributed by atoms with E-state index in [1.54, 1.807) is 29.7 Å². The van der Waals surface area contributed by atoms with Crippen LogP contribution in [0.15, 0.2) is 42.7 Å². The van der Waals surface area contributed by atoms with Gasteiger partial charge in [-0.1, -0.05) is 18.2 Å². The smallest absolute Gasteiger partial charge is 0.310 e.